The molecule has 0 aliphatic heterocycles. The molecule has 0 atom stereocenters. The third-order valence-electron chi connectivity index (χ3n) is 5.80. The fourth-order valence-corrected chi connectivity index (χ4v) is 5.46. The van der Waals surface area contributed by atoms with Gasteiger partial charge >= 0.3 is 0 Å². The maximum Gasteiger partial charge on any atom is 0.249 e. The highest BCUT2D eigenvalue weighted by Crippen LogP contribution is 2.39. The third-order valence-corrected chi connectivity index (χ3v) is 7.38. The molecule has 29 heavy (non-hydrogen) atoms. The van der Waals surface area contributed by atoms with Gasteiger partial charge in [0.2, 0.25) is 20.9 Å². The Bertz CT molecular complexity index is 1150. The average Bonchev–Trinajstić information content (AvgIpc) is 3.48. The van der Waals surface area contributed by atoms with Crippen molar-refractivity contribution in [3.8, 4) is 5.75 Å². The number of anilines is 2. The molecule has 1 heterocycles. The predicted molar refractivity (Wildman–Crippen MR) is 109 cm³/mol. The van der Waals surface area contributed by atoms with Gasteiger partial charge in [-0.3, -0.25) is 0 Å². The molecule has 5 rings (SSSR count). The lowest BCUT2D eigenvalue weighted by Gasteiger charge is -2.15. The fraction of sp³-hybridized carbons (Fsp3) is 0.333. The Morgan fingerprint density at radius 3 is 2.28 bits per heavy atom. The van der Waals surface area contributed by atoms with Gasteiger partial charge in [-0.15, -0.1) is 5.10 Å². The van der Waals surface area contributed by atoms with E-state index in [4.69, 9.17) is 4.74 Å². The van der Waals surface area contributed by atoms with Crippen molar-refractivity contribution in [3.05, 3.63) is 52.6 Å². The van der Waals surface area contributed by atoms with Gasteiger partial charge in [-0.1, -0.05) is 6.07 Å². The zero-order valence-electron chi connectivity index (χ0n) is 16.2. The van der Waals surface area contributed by atoms with Gasteiger partial charge in [-0.05, 0) is 85.0 Å². The van der Waals surface area contributed by atoms with E-state index in [0.717, 1.165) is 44.2 Å². The highest BCUT2D eigenvalue weighted by atomic mass is 32.2. The number of nitrogens with one attached hydrogen (secondary N) is 2. The number of ether oxygens (including phenoxy) is 1. The second-order valence-corrected chi connectivity index (χ2v) is 9.37. The minimum absolute atomic E-state index is 0.141. The lowest BCUT2D eigenvalue weighted by Crippen LogP contribution is -2.05. The maximum absolute atomic E-state index is 12.9. The lowest BCUT2D eigenvalue weighted by atomic mass is 9.99. The number of hydrogen-bond donors (Lipinski definition) is 2. The van der Waals surface area contributed by atoms with Gasteiger partial charge in [0, 0.05) is 5.69 Å². The van der Waals surface area contributed by atoms with E-state index in [1.807, 2.05) is 0 Å². The molecule has 0 radical (unpaired) electrons. The normalized spacial score (nSPS) is 15.2. The van der Waals surface area contributed by atoms with Gasteiger partial charge in [0.15, 0.2) is 0 Å². The van der Waals surface area contributed by atoms with E-state index in [1.165, 1.54) is 41.5 Å². The van der Waals surface area contributed by atoms with Crippen LogP contribution in [0.1, 0.15) is 35.1 Å². The van der Waals surface area contributed by atoms with Crippen molar-refractivity contribution in [1.29, 1.82) is 0 Å². The quantitative estimate of drug-likeness (QED) is 0.669. The minimum atomic E-state index is -3.78. The van der Waals surface area contributed by atoms with Crippen molar-refractivity contribution < 1.29 is 13.2 Å². The second-order valence-electron chi connectivity index (χ2n) is 7.50. The molecule has 2 aliphatic carbocycles. The van der Waals surface area contributed by atoms with Gasteiger partial charge in [0.25, 0.3) is 0 Å². The van der Waals surface area contributed by atoms with E-state index in [2.05, 4.69) is 26.6 Å². The van der Waals surface area contributed by atoms with Crippen LogP contribution in [0.15, 0.2) is 40.4 Å². The van der Waals surface area contributed by atoms with Crippen LogP contribution in [-0.4, -0.2) is 30.7 Å². The molecule has 8 heteroatoms. The molecule has 1 aromatic heterocycles. The summed E-state index contributed by atoms with van der Waals surface area (Å²) in [6.07, 6.45) is 6.57. The van der Waals surface area contributed by atoms with Crippen molar-refractivity contribution >= 4 is 21.5 Å². The Morgan fingerprint density at radius 1 is 1.00 bits per heavy atom. The molecular formula is C21H22N4O3S. The van der Waals surface area contributed by atoms with Crippen molar-refractivity contribution in [2.75, 3.05) is 12.4 Å². The summed E-state index contributed by atoms with van der Waals surface area (Å²) >= 11 is 0. The Morgan fingerprint density at radius 2 is 1.66 bits per heavy atom. The summed E-state index contributed by atoms with van der Waals surface area (Å²) in [5.74, 6) is 0.877. The molecule has 7 nitrogen and oxygen atoms in total. The van der Waals surface area contributed by atoms with Crippen molar-refractivity contribution in [2.45, 2.75) is 48.6 Å². The van der Waals surface area contributed by atoms with Crippen molar-refractivity contribution in [3.63, 3.8) is 0 Å². The van der Waals surface area contributed by atoms with E-state index in [1.54, 1.807) is 12.1 Å². The Balaban J connectivity index is 1.47. The molecule has 0 bridgehead atoms. The van der Waals surface area contributed by atoms with E-state index in [9.17, 15) is 8.42 Å². The summed E-state index contributed by atoms with van der Waals surface area (Å²) in [5, 5.41) is 9.88. The first-order chi connectivity index (χ1) is 14.1. The number of aryl methyl sites for hydroxylation is 2. The van der Waals surface area contributed by atoms with Crippen LogP contribution in [0.25, 0.3) is 0 Å². The number of nitrogens with zero attached hydrogens (tertiary/aromatic N) is 2. The Kier molecular flexibility index (Phi) is 4.31. The number of methoxy groups -OCH3 is 1. The zero-order chi connectivity index (χ0) is 20.0. The van der Waals surface area contributed by atoms with Gasteiger partial charge in [-0.25, -0.2) is 13.5 Å². The lowest BCUT2D eigenvalue weighted by molar-refractivity contribution is 0.414. The van der Waals surface area contributed by atoms with Gasteiger partial charge < -0.3 is 10.1 Å². The number of aromatic amines is 1. The van der Waals surface area contributed by atoms with E-state index < -0.39 is 9.84 Å². The first kappa shape index (κ1) is 18.2. The summed E-state index contributed by atoms with van der Waals surface area (Å²) in [7, 11) is -2.25. The van der Waals surface area contributed by atoms with Crippen LogP contribution in [0, 0.1) is 0 Å². The van der Waals surface area contributed by atoms with Crippen molar-refractivity contribution in [1.82, 2.24) is 15.2 Å². The molecule has 2 aromatic carbocycles. The molecule has 0 fully saturated rings. The summed E-state index contributed by atoms with van der Waals surface area (Å²) in [4.78, 5) is 4.39. The van der Waals surface area contributed by atoms with Crippen LogP contribution in [0.3, 0.4) is 0 Å². The standard InChI is InChI=1S/C21H22N4O3S/c1-28-15-8-10-16(11-9-15)29(26,27)21-23-20(24-25-21)22-19-17-6-2-4-13(17)12-14-5-3-7-18(14)19/h8-12H,2-7H2,1H3,(H2,22,23,24,25). The molecule has 3 aromatic rings. The maximum atomic E-state index is 12.9. The molecule has 2 N–H and O–H groups in total. The van der Waals surface area contributed by atoms with Crippen LogP contribution in [0.4, 0.5) is 11.6 Å². The third kappa shape index (κ3) is 3.07. The largest absolute Gasteiger partial charge is 0.497 e. The first-order valence-corrected chi connectivity index (χ1v) is 11.3. The number of aromatic nitrogens is 3. The average molecular weight is 410 g/mol. The van der Waals surface area contributed by atoms with E-state index in [0.29, 0.717) is 5.75 Å². The molecule has 0 unspecified atom stereocenters. The van der Waals surface area contributed by atoms with E-state index in [-0.39, 0.29) is 16.0 Å². The van der Waals surface area contributed by atoms with Gasteiger partial charge in [-0.2, -0.15) is 4.98 Å². The van der Waals surface area contributed by atoms with E-state index >= 15 is 0 Å². The van der Waals surface area contributed by atoms with Gasteiger partial charge in [0.1, 0.15) is 5.75 Å². The number of benzene rings is 2. The Labute approximate surface area is 169 Å². The molecule has 0 saturated heterocycles. The second kappa shape index (κ2) is 6.88. The minimum Gasteiger partial charge on any atom is -0.497 e. The smallest absolute Gasteiger partial charge is 0.249 e. The monoisotopic (exact) mass is 410 g/mol. The highest BCUT2D eigenvalue weighted by molar-refractivity contribution is 7.91. The van der Waals surface area contributed by atoms with Crippen LogP contribution >= 0.6 is 0 Å². The molecule has 0 amide bonds. The number of sulfone groups is 1. The topological polar surface area (TPSA) is 97.0 Å². The van der Waals surface area contributed by atoms with Crippen molar-refractivity contribution in [2.24, 2.45) is 0 Å². The van der Waals surface area contributed by atoms with Crippen LogP contribution < -0.4 is 10.1 Å². The fourth-order valence-electron chi connectivity index (χ4n) is 4.37. The zero-order valence-corrected chi connectivity index (χ0v) is 17.0. The summed E-state index contributed by atoms with van der Waals surface area (Å²) in [5.41, 5.74) is 6.54. The summed E-state index contributed by atoms with van der Waals surface area (Å²) < 4.78 is 30.8. The number of hydrogen-bond acceptors (Lipinski definition) is 6. The molecule has 0 spiro atoms. The number of H-pyrrole nitrogens is 1. The summed E-state index contributed by atoms with van der Waals surface area (Å²) in [6, 6.07) is 8.58. The number of fused-ring (bicyclic) bond motifs is 2. The molecule has 0 saturated carbocycles. The van der Waals surface area contributed by atoms with Crippen LogP contribution in [0.5, 0.6) is 5.75 Å². The first-order valence-electron chi connectivity index (χ1n) is 9.81. The summed E-state index contributed by atoms with van der Waals surface area (Å²) in [6.45, 7) is 0. The number of rotatable bonds is 5. The van der Waals surface area contributed by atoms with Gasteiger partial charge in [0.05, 0.1) is 12.0 Å². The Hall–Kier alpha value is -2.87. The predicted octanol–water partition coefficient (Wildman–Crippen LogP) is 3.37. The highest BCUT2D eigenvalue weighted by Gasteiger charge is 2.26. The molecule has 150 valence electrons. The SMILES string of the molecule is COc1ccc(S(=O)(=O)c2nc(Nc3c4c(cc5c3CCC5)CCC4)n[nH]2)cc1. The molecular weight excluding hydrogens is 388 g/mol. The van der Waals surface area contributed by atoms with Crippen LogP contribution in [-0.2, 0) is 35.5 Å². The van der Waals surface area contributed by atoms with Crippen LogP contribution in [0.2, 0.25) is 0 Å². The molecule has 2 aliphatic rings.